The average molecular weight is 418 g/mol. The SMILES string of the molecule is Cc1ccc(N2CCCC2CNC(=O)CCCCN(C)[C@H]2C[C@@H](C)O[C@@H](O)C2)cc1. The molecule has 6 nitrogen and oxygen atoms in total. The van der Waals surface area contributed by atoms with Crippen molar-refractivity contribution in [2.75, 3.05) is 31.6 Å². The Kier molecular flexibility index (Phi) is 8.54. The maximum atomic E-state index is 12.3. The summed E-state index contributed by atoms with van der Waals surface area (Å²) in [4.78, 5) is 17.1. The lowest BCUT2D eigenvalue weighted by Gasteiger charge is -2.36. The summed E-state index contributed by atoms with van der Waals surface area (Å²) in [6, 6.07) is 9.43. The first-order valence-electron chi connectivity index (χ1n) is 11.6. The highest BCUT2D eigenvalue weighted by molar-refractivity contribution is 5.75. The number of carbonyl (C=O) groups excluding carboxylic acids is 1. The van der Waals surface area contributed by atoms with Crippen molar-refractivity contribution >= 4 is 11.6 Å². The van der Waals surface area contributed by atoms with E-state index in [0.29, 0.717) is 24.9 Å². The topological polar surface area (TPSA) is 65.0 Å². The number of anilines is 1. The van der Waals surface area contributed by atoms with Crippen molar-refractivity contribution in [1.82, 2.24) is 10.2 Å². The first-order valence-corrected chi connectivity index (χ1v) is 11.6. The quantitative estimate of drug-likeness (QED) is 0.605. The standard InChI is InChI=1S/C24H39N3O3/c1-18-9-11-20(12-10-18)27-14-6-7-21(27)17-25-23(28)8-4-5-13-26(3)22-15-19(2)30-24(29)16-22/h9-12,19,21-22,24,29H,4-8,13-17H2,1-3H3,(H,25,28)/t19-,21?,22+,24-/m1/s1. The summed E-state index contributed by atoms with van der Waals surface area (Å²) in [6.07, 6.45) is 5.85. The van der Waals surface area contributed by atoms with Crippen LogP contribution in [0.4, 0.5) is 5.69 Å². The van der Waals surface area contributed by atoms with Gasteiger partial charge in [0.1, 0.15) is 0 Å². The lowest BCUT2D eigenvalue weighted by atomic mass is 10.0. The number of nitrogens with zero attached hydrogens (tertiary/aromatic N) is 2. The van der Waals surface area contributed by atoms with Crippen LogP contribution in [-0.4, -0.2) is 67.1 Å². The minimum Gasteiger partial charge on any atom is -0.368 e. The van der Waals surface area contributed by atoms with E-state index in [0.717, 1.165) is 45.3 Å². The molecule has 1 unspecified atom stereocenters. The van der Waals surface area contributed by atoms with Crippen LogP contribution >= 0.6 is 0 Å². The van der Waals surface area contributed by atoms with Gasteiger partial charge in [-0.2, -0.15) is 0 Å². The Hall–Kier alpha value is -1.63. The van der Waals surface area contributed by atoms with Crippen LogP contribution < -0.4 is 10.2 Å². The second-order valence-corrected chi connectivity index (χ2v) is 9.09. The van der Waals surface area contributed by atoms with Gasteiger partial charge in [0.05, 0.1) is 6.10 Å². The minimum atomic E-state index is -0.651. The second-order valence-electron chi connectivity index (χ2n) is 9.09. The summed E-state index contributed by atoms with van der Waals surface area (Å²) in [7, 11) is 2.11. The third-order valence-electron chi connectivity index (χ3n) is 6.53. The fourth-order valence-electron chi connectivity index (χ4n) is 4.72. The van der Waals surface area contributed by atoms with Gasteiger partial charge in [0.25, 0.3) is 0 Å². The van der Waals surface area contributed by atoms with Gasteiger partial charge < -0.3 is 25.0 Å². The van der Waals surface area contributed by atoms with Gasteiger partial charge in [-0.1, -0.05) is 17.7 Å². The molecule has 30 heavy (non-hydrogen) atoms. The first-order chi connectivity index (χ1) is 14.4. The zero-order valence-corrected chi connectivity index (χ0v) is 18.8. The lowest BCUT2D eigenvalue weighted by Crippen LogP contribution is -2.43. The summed E-state index contributed by atoms with van der Waals surface area (Å²) < 4.78 is 5.41. The normalized spacial score (nSPS) is 26.9. The van der Waals surface area contributed by atoms with E-state index in [-0.39, 0.29) is 12.0 Å². The van der Waals surface area contributed by atoms with E-state index < -0.39 is 6.29 Å². The fourth-order valence-corrected chi connectivity index (χ4v) is 4.72. The van der Waals surface area contributed by atoms with E-state index in [1.807, 2.05) is 6.92 Å². The molecule has 0 spiro atoms. The molecule has 2 aliphatic heterocycles. The highest BCUT2D eigenvalue weighted by Gasteiger charge is 2.28. The predicted octanol–water partition coefficient (Wildman–Crippen LogP) is 3.07. The Bertz CT molecular complexity index is 656. The maximum absolute atomic E-state index is 12.3. The maximum Gasteiger partial charge on any atom is 0.220 e. The van der Waals surface area contributed by atoms with Crippen LogP contribution in [0.25, 0.3) is 0 Å². The van der Waals surface area contributed by atoms with Crippen molar-refractivity contribution in [2.45, 2.75) is 83.3 Å². The van der Waals surface area contributed by atoms with Gasteiger partial charge >= 0.3 is 0 Å². The summed E-state index contributed by atoms with van der Waals surface area (Å²) in [5, 5.41) is 12.9. The molecule has 2 aliphatic rings. The van der Waals surface area contributed by atoms with Crippen LogP contribution in [0.1, 0.15) is 57.4 Å². The van der Waals surface area contributed by atoms with E-state index in [4.69, 9.17) is 4.74 Å². The van der Waals surface area contributed by atoms with Gasteiger partial charge in [-0.25, -0.2) is 0 Å². The second kappa shape index (κ2) is 11.1. The molecule has 3 rings (SSSR count). The monoisotopic (exact) mass is 417 g/mol. The molecule has 168 valence electrons. The van der Waals surface area contributed by atoms with Crippen LogP contribution in [0, 0.1) is 6.92 Å². The van der Waals surface area contributed by atoms with Crippen molar-refractivity contribution in [2.24, 2.45) is 0 Å². The zero-order valence-electron chi connectivity index (χ0n) is 18.8. The summed E-state index contributed by atoms with van der Waals surface area (Å²) in [5.41, 5.74) is 2.53. The van der Waals surface area contributed by atoms with E-state index in [1.165, 1.54) is 17.7 Å². The van der Waals surface area contributed by atoms with E-state index in [1.54, 1.807) is 0 Å². The largest absolute Gasteiger partial charge is 0.368 e. The number of rotatable bonds is 9. The van der Waals surface area contributed by atoms with Gasteiger partial charge in [-0.15, -0.1) is 0 Å². The summed E-state index contributed by atoms with van der Waals surface area (Å²) >= 11 is 0. The van der Waals surface area contributed by atoms with Gasteiger partial charge in [0, 0.05) is 43.7 Å². The van der Waals surface area contributed by atoms with Crippen LogP contribution in [0.15, 0.2) is 24.3 Å². The fraction of sp³-hybridized carbons (Fsp3) is 0.708. The Morgan fingerprint density at radius 1 is 1.27 bits per heavy atom. The first kappa shape index (κ1) is 23.0. The number of aliphatic hydroxyl groups excluding tert-OH is 1. The molecule has 0 bridgehead atoms. The van der Waals surface area contributed by atoms with Gasteiger partial charge in [-0.05, 0) is 71.7 Å². The molecule has 0 aliphatic carbocycles. The summed E-state index contributed by atoms with van der Waals surface area (Å²) in [5.74, 6) is 0.156. The Balaban J connectivity index is 1.32. The van der Waals surface area contributed by atoms with Crippen molar-refractivity contribution in [3.63, 3.8) is 0 Å². The van der Waals surface area contributed by atoms with Gasteiger partial charge in [0.15, 0.2) is 6.29 Å². The molecule has 1 aromatic rings. The predicted molar refractivity (Wildman–Crippen MR) is 121 cm³/mol. The number of nitrogens with one attached hydrogen (secondary N) is 1. The number of hydrogen-bond acceptors (Lipinski definition) is 5. The van der Waals surface area contributed by atoms with Crippen molar-refractivity contribution in [3.8, 4) is 0 Å². The van der Waals surface area contributed by atoms with Crippen molar-refractivity contribution in [1.29, 1.82) is 0 Å². The molecule has 2 fully saturated rings. The third kappa shape index (κ3) is 6.69. The van der Waals surface area contributed by atoms with Crippen LogP contribution in [0.5, 0.6) is 0 Å². The molecule has 1 aromatic carbocycles. The van der Waals surface area contributed by atoms with Crippen molar-refractivity contribution in [3.05, 3.63) is 29.8 Å². The van der Waals surface area contributed by atoms with E-state index >= 15 is 0 Å². The Morgan fingerprint density at radius 2 is 2.03 bits per heavy atom. The highest BCUT2D eigenvalue weighted by Crippen LogP contribution is 2.25. The Morgan fingerprint density at radius 3 is 2.77 bits per heavy atom. The molecule has 0 aromatic heterocycles. The van der Waals surface area contributed by atoms with Gasteiger partial charge in [-0.3, -0.25) is 4.79 Å². The number of aliphatic hydroxyl groups is 1. The molecule has 2 heterocycles. The minimum absolute atomic E-state index is 0.0991. The molecule has 1 amide bonds. The molecule has 2 saturated heterocycles. The number of ether oxygens (including phenoxy) is 1. The highest BCUT2D eigenvalue weighted by atomic mass is 16.6. The lowest BCUT2D eigenvalue weighted by molar-refractivity contribution is -0.173. The molecule has 2 N–H and O–H groups in total. The molecule has 0 saturated carbocycles. The zero-order chi connectivity index (χ0) is 21.5. The van der Waals surface area contributed by atoms with Gasteiger partial charge in [0.2, 0.25) is 5.91 Å². The Labute approximate surface area is 181 Å². The van der Waals surface area contributed by atoms with Crippen LogP contribution in [-0.2, 0) is 9.53 Å². The molecule has 0 radical (unpaired) electrons. The number of carbonyl (C=O) groups is 1. The van der Waals surface area contributed by atoms with Crippen LogP contribution in [0.2, 0.25) is 0 Å². The summed E-state index contributed by atoms with van der Waals surface area (Å²) in [6.45, 7) is 6.86. The average Bonchev–Trinajstić information content (AvgIpc) is 3.18. The van der Waals surface area contributed by atoms with Crippen molar-refractivity contribution < 1.29 is 14.6 Å². The molecular formula is C24H39N3O3. The van der Waals surface area contributed by atoms with Crippen LogP contribution in [0.3, 0.4) is 0 Å². The molecule has 4 atom stereocenters. The number of unbranched alkanes of at least 4 members (excludes halogenated alkanes) is 1. The number of amides is 1. The number of aryl methyl sites for hydroxylation is 1. The smallest absolute Gasteiger partial charge is 0.220 e. The van der Waals surface area contributed by atoms with E-state index in [9.17, 15) is 9.90 Å². The number of hydrogen-bond donors (Lipinski definition) is 2. The number of benzene rings is 1. The molecule has 6 heteroatoms. The van der Waals surface area contributed by atoms with E-state index in [2.05, 4.69) is 53.4 Å². The third-order valence-corrected chi connectivity index (χ3v) is 6.53. The molecular weight excluding hydrogens is 378 g/mol.